The summed E-state index contributed by atoms with van der Waals surface area (Å²) in [4.78, 5) is 14.6. The van der Waals surface area contributed by atoms with E-state index in [0.717, 1.165) is 24.1 Å². The van der Waals surface area contributed by atoms with Gasteiger partial charge < -0.3 is 30.3 Å². The average molecular weight is 395 g/mol. The van der Waals surface area contributed by atoms with Gasteiger partial charge in [0, 0.05) is 25.7 Å². The molecule has 1 unspecified atom stereocenters. The van der Waals surface area contributed by atoms with Gasteiger partial charge in [-0.2, -0.15) is 0 Å². The molecule has 0 saturated carbocycles. The summed E-state index contributed by atoms with van der Waals surface area (Å²) < 4.78 is 10.9. The highest BCUT2D eigenvalue weighted by Gasteiger charge is 2.32. The molecule has 0 fully saturated rings. The highest BCUT2D eigenvalue weighted by molar-refractivity contribution is 7.80. The quantitative estimate of drug-likeness (QED) is 0.643. The molecule has 0 aliphatic carbocycles. The monoisotopic (exact) mass is 394 g/mol. The number of nitrogens with zero attached hydrogens (tertiary/aromatic N) is 1. The van der Waals surface area contributed by atoms with Crippen molar-refractivity contribution in [3.63, 3.8) is 0 Å². The van der Waals surface area contributed by atoms with Crippen LogP contribution in [-0.4, -0.2) is 55.9 Å². The number of methoxy groups -OCH3 is 2. The Bertz CT molecular complexity index is 681. The molecular formula is C19H30N4O3S. The minimum absolute atomic E-state index is 0.0701. The second-order valence-electron chi connectivity index (χ2n) is 6.71. The molecule has 0 bridgehead atoms. The van der Waals surface area contributed by atoms with E-state index in [4.69, 9.17) is 21.7 Å². The zero-order chi connectivity index (χ0) is 20.0. The number of rotatable bonds is 6. The maximum Gasteiger partial charge on any atom is 0.318 e. The fourth-order valence-electron chi connectivity index (χ4n) is 3.23. The van der Waals surface area contributed by atoms with Crippen molar-refractivity contribution in [3.05, 3.63) is 23.3 Å². The van der Waals surface area contributed by atoms with E-state index in [9.17, 15) is 4.79 Å². The van der Waals surface area contributed by atoms with Gasteiger partial charge in [0.15, 0.2) is 16.6 Å². The molecular weight excluding hydrogens is 364 g/mol. The predicted molar refractivity (Wildman–Crippen MR) is 111 cm³/mol. The maximum absolute atomic E-state index is 12.8. The average Bonchev–Trinajstić information content (AvgIpc) is 2.64. The molecule has 2 rings (SSSR count). The topological polar surface area (TPSA) is 74.9 Å². The molecule has 3 N–H and O–H groups in total. The Morgan fingerprint density at radius 1 is 1.26 bits per heavy atom. The van der Waals surface area contributed by atoms with Gasteiger partial charge in [-0.1, -0.05) is 0 Å². The van der Waals surface area contributed by atoms with Gasteiger partial charge in [0.2, 0.25) is 0 Å². The number of hydrogen-bond acceptors (Lipinski definition) is 4. The molecule has 0 spiro atoms. The summed E-state index contributed by atoms with van der Waals surface area (Å²) in [5, 5.41) is 9.88. The number of nitrogens with one attached hydrogen (secondary N) is 3. The van der Waals surface area contributed by atoms with Crippen molar-refractivity contribution in [2.24, 2.45) is 0 Å². The van der Waals surface area contributed by atoms with E-state index in [0.29, 0.717) is 29.7 Å². The van der Waals surface area contributed by atoms with E-state index in [1.807, 2.05) is 37.8 Å². The molecule has 27 heavy (non-hydrogen) atoms. The van der Waals surface area contributed by atoms with Crippen LogP contribution >= 0.6 is 12.2 Å². The number of carbonyl (C=O) groups excluding carboxylic acids is 1. The molecule has 8 heteroatoms. The lowest BCUT2D eigenvalue weighted by Crippen LogP contribution is -2.51. The lowest BCUT2D eigenvalue weighted by atomic mass is 9.92. The van der Waals surface area contributed by atoms with Crippen LogP contribution in [0.2, 0.25) is 0 Å². The summed E-state index contributed by atoms with van der Waals surface area (Å²) in [6, 6.07) is 3.80. The summed E-state index contributed by atoms with van der Waals surface area (Å²) in [6.45, 7) is 7.79. The fourth-order valence-corrected chi connectivity index (χ4v) is 3.46. The van der Waals surface area contributed by atoms with Crippen LogP contribution in [0.4, 0.5) is 4.79 Å². The van der Waals surface area contributed by atoms with Crippen molar-refractivity contribution in [1.29, 1.82) is 0 Å². The number of fused-ring (bicyclic) bond motifs is 1. The molecule has 1 heterocycles. The van der Waals surface area contributed by atoms with E-state index >= 15 is 0 Å². The van der Waals surface area contributed by atoms with Gasteiger partial charge in [-0.05, 0) is 62.7 Å². The minimum Gasteiger partial charge on any atom is -0.493 e. The van der Waals surface area contributed by atoms with Crippen LogP contribution < -0.4 is 25.4 Å². The van der Waals surface area contributed by atoms with Gasteiger partial charge in [-0.25, -0.2) is 4.79 Å². The number of ether oxygens (including phenoxy) is 2. The van der Waals surface area contributed by atoms with Crippen LogP contribution in [0.1, 0.15) is 37.9 Å². The molecule has 1 atom stereocenters. The zero-order valence-electron chi connectivity index (χ0n) is 16.7. The van der Waals surface area contributed by atoms with Gasteiger partial charge >= 0.3 is 6.03 Å². The summed E-state index contributed by atoms with van der Waals surface area (Å²) in [6.07, 6.45) is 0.759. The van der Waals surface area contributed by atoms with Crippen molar-refractivity contribution in [2.45, 2.75) is 39.3 Å². The zero-order valence-corrected chi connectivity index (χ0v) is 17.5. The third-order valence-electron chi connectivity index (χ3n) is 4.47. The van der Waals surface area contributed by atoms with Crippen LogP contribution in [0.3, 0.4) is 0 Å². The van der Waals surface area contributed by atoms with Crippen LogP contribution in [0.15, 0.2) is 12.1 Å². The number of benzene rings is 1. The lowest BCUT2D eigenvalue weighted by molar-refractivity contribution is 0.167. The Hall–Kier alpha value is -2.22. The maximum atomic E-state index is 12.8. The third kappa shape index (κ3) is 5.15. The number of thiocarbonyl (C=S) groups is 1. The smallest absolute Gasteiger partial charge is 0.318 e. The summed E-state index contributed by atoms with van der Waals surface area (Å²) in [5.74, 6) is 1.35. The first-order chi connectivity index (χ1) is 12.9. The molecule has 0 saturated heterocycles. The van der Waals surface area contributed by atoms with E-state index in [2.05, 4.69) is 16.0 Å². The molecule has 1 aliphatic heterocycles. The van der Waals surface area contributed by atoms with Crippen LogP contribution in [0.25, 0.3) is 0 Å². The minimum atomic E-state index is -0.163. The lowest BCUT2D eigenvalue weighted by Gasteiger charge is -2.38. The Kier molecular flexibility index (Phi) is 7.53. The Morgan fingerprint density at radius 3 is 2.52 bits per heavy atom. The number of amides is 2. The molecule has 0 aromatic heterocycles. The van der Waals surface area contributed by atoms with Crippen molar-refractivity contribution < 1.29 is 14.3 Å². The van der Waals surface area contributed by atoms with Gasteiger partial charge in [0.05, 0.1) is 20.3 Å². The second-order valence-corrected chi connectivity index (χ2v) is 7.12. The molecule has 7 nitrogen and oxygen atoms in total. The molecule has 0 radical (unpaired) electrons. The Labute approximate surface area is 166 Å². The van der Waals surface area contributed by atoms with Crippen LogP contribution in [-0.2, 0) is 6.42 Å². The Morgan fingerprint density at radius 2 is 1.93 bits per heavy atom. The van der Waals surface area contributed by atoms with Gasteiger partial charge in [0.25, 0.3) is 0 Å². The second kappa shape index (κ2) is 9.64. The molecule has 2 amide bonds. The van der Waals surface area contributed by atoms with E-state index in [1.54, 1.807) is 14.2 Å². The van der Waals surface area contributed by atoms with Crippen molar-refractivity contribution >= 4 is 23.4 Å². The summed E-state index contributed by atoms with van der Waals surface area (Å²) >= 11 is 5.30. The largest absolute Gasteiger partial charge is 0.493 e. The van der Waals surface area contributed by atoms with E-state index < -0.39 is 0 Å². The predicted octanol–water partition coefficient (Wildman–Crippen LogP) is 2.21. The molecule has 1 aliphatic rings. The molecule has 1 aromatic carbocycles. The van der Waals surface area contributed by atoms with E-state index in [-0.39, 0.29) is 18.1 Å². The van der Waals surface area contributed by atoms with Crippen molar-refractivity contribution in [1.82, 2.24) is 20.9 Å². The van der Waals surface area contributed by atoms with Gasteiger partial charge in [-0.15, -0.1) is 0 Å². The van der Waals surface area contributed by atoms with Crippen molar-refractivity contribution in [3.8, 4) is 11.5 Å². The van der Waals surface area contributed by atoms with Crippen LogP contribution in [0, 0.1) is 0 Å². The van der Waals surface area contributed by atoms with Gasteiger partial charge in [-0.3, -0.25) is 0 Å². The molecule has 1 aromatic rings. The normalized spacial score (nSPS) is 15.8. The van der Waals surface area contributed by atoms with Crippen LogP contribution in [0.5, 0.6) is 11.5 Å². The highest BCUT2D eigenvalue weighted by atomic mass is 32.1. The highest BCUT2D eigenvalue weighted by Crippen LogP contribution is 2.37. The number of carbonyl (C=O) groups is 1. The summed E-state index contributed by atoms with van der Waals surface area (Å²) in [7, 11) is 3.24. The Balaban J connectivity index is 2.35. The number of urea groups is 1. The standard InChI is InChI=1S/C19H30N4O3S/c1-6-20-18(27)21-11-15-14-10-17(26-5)16(25-4)9-13(14)7-8-23(15)19(24)22-12(2)3/h9-10,12,15H,6-8,11H2,1-5H3,(H,22,24)(H2,20,21,27). The van der Waals surface area contributed by atoms with Gasteiger partial charge in [0.1, 0.15) is 0 Å². The summed E-state index contributed by atoms with van der Waals surface area (Å²) in [5.41, 5.74) is 2.20. The van der Waals surface area contributed by atoms with E-state index in [1.165, 1.54) is 0 Å². The third-order valence-corrected chi connectivity index (χ3v) is 4.76. The first-order valence-corrected chi connectivity index (χ1v) is 9.65. The SMILES string of the molecule is CCNC(=S)NCC1c2cc(OC)c(OC)cc2CCN1C(=O)NC(C)C. The molecule has 150 valence electrons. The number of hydrogen-bond donors (Lipinski definition) is 3. The fraction of sp³-hybridized carbons (Fsp3) is 0.579. The van der Waals surface area contributed by atoms with Crippen molar-refractivity contribution in [2.75, 3.05) is 33.9 Å². The first kappa shape index (κ1) is 21.1. The first-order valence-electron chi connectivity index (χ1n) is 9.24.